The molecule has 0 aromatic rings. The maximum atomic E-state index is 11.2. The Balaban J connectivity index is 2.87. The van der Waals surface area contributed by atoms with Gasteiger partial charge in [0, 0.05) is 34.3 Å². The quantitative estimate of drug-likeness (QED) is 0.524. The molecule has 1 aliphatic rings. The van der Waals surface area contributed by atoms with E-state index in [1.165, 1.54) is 27.9 Å². The predicted octanol–water partition coefficient (Wildman–Crippen LogP) is 0.174. The predicted molar refractivity (Wildman–Crippen MR) is 68.0 cm³/mol. The second-order valence-corrected chi connectivity index (χ2v) is 4.60. The number of hydrogen-bond acceptors (Lipinski definition) is 8. The van der Waals surface area contributed by atoms with E-state index in [1.54, 1.807) is 0 Å². The Morgan fingerprint density at radius 3 is 2.14 bits per heavy atom. The summed E-state index contributed by atoms with van der Waals surface area (Å²) in [4.78, 5) is 33.3. The summed E-state index contributed by atoms with van der Waals surface area (Å²) in [5, 5.41) is 0. The van der Waals surface area contributed by atoms with Crippen molar-refractivity contribution in [2.45, 2.75) is 51.8 Å². The molecule has 21 heavy (non-hydrogen) atoms. The van der Waals surface area contributed by atoms with E-state index in [9.17, 15) is 14.4 Å². The summed E-state index contributed by atoms with van der Waals surface area (Å²) in [5.74, 6) is -1.56. The molecule has 0 spiro atoms. The van der Waals surface area contributed by atoms with E-state index in [0.717, 1.165) is 0 Å². The topological polar surface area (TPSA) is 97.4 Å². The fourth-order valence-corrected chi connectivity index (χ4v) is 2.05. The molecule has 4 atom stereocenters. The van der Waals surface area contributed by atoms with Gasteiger partial charge in [0.2, 0.25) is 0 Å². The summed E-state index contributed by atoms with van der Waals surface area (Å²) in [5.41, 5.74) is 0. The van der Waals surface area contributed by atoms with E-state index in [2.05, 4.69) is 0 Å². The van der Waals surface area contributed by atoms with Crippen LogP contribution in [0.2, 0.25) is 0 Å². The highest BCUT2D eigenvalue weighted by Gasteiger charge is 2.43. The molecule has 0 aromatic heterocycles. The lowest BCUT2D eigenvalue weighted by Crippen LogP contribution is -2.54. The SMILES string of the molecule is CO[C@@H]1C[C@@H](OC(C)=O)[C@H](OC(C)=O)[C@@H](COC(C)=O)O1. The number of carbonyl (C=O) groups excluding carboxylic acids is 3. The van der Waals surface area contributed by atoms with Crippen LogP contribution in [-0.4, -0.2) is 56.2 Å². The van der Waals surface area contributed by atoms with E-state index in [4.69, 9.17) is 23.7 Å². The Labute approximate surface area is 122 Å². The van der Waals surface area contributed by atoms with Crippen molar-refractivity contribution in [2.75, 3.05) is 13.7 Å². The molecule has 0 saturated carbocycles. The third-order valence-electron chi connectivity index (χ3n) is 2.82. The first-order chi connectivity index (χ1) is 9.83. The molecular formula is C13H20O8. The van der Waals surface area contributed by atoms with Gasteiger partial charge < -0.3 is 23.7 Å². The van der Waals surface area contributed by atoms with Crippen LogP contribution < -0.4 is 0 Å². The van der Waals surface area contributed by atoms with Gasteiger partial charge in [-0.1, -0.05) is 0 Å². The van der Waals surface area contributed by atoms with Crippen molar-refractivity contribution in [3.05, 3.63) is 0 Å². The van der Waals surface area contributed by atoms with E-state index < -0.39 is 42.5 Å². The number of hydrogen-bond donors (Lipinski definition) is 0. The number of carbonyl (C=O) groups is 3. The van der Waals surface area contributed by atoms with Gasteiger partial charge in [-0.15, -0.1) is 0 Å². The lowest BCUT2D eigenvalue weighted by Gasteiger charge is -2.39. The van der Waals surface area contributed by atoms with Gasteiger partial charge in [-0.2, -0.15) is 0 Å². The zero-order valence-corrected chi connectivity index (χ0v) is 12.5. The second kappa shape index (κ2) is 7.94. The Bertz CT molecular complexity index is 394. The normalized spacial score (nSPS) is 28.6. The number of methoxy groups -OCH3 is 1. The molecule has 8 nitrogen and oxygen atoms in total. The fraction of sp³-hybridized carbons (Fsp3) is 0.769. The molecule has 0 bridgehead atoms. The van der Waals surface area contributed by atoms with Crippen LogP contribution in [0, 0.1) is 0 Å². The Hall–Kier alpha value is -1.67. The standard InChI is InChI=1S/C13H20O8/c1-7(14)18-6-11-13(20-9(3)16)10(19-8(2)15)5-12(17-4)21-11/h10-13H,5-6H2,1-4H3/t10-,11-,12+,13+/m1/s1. The minimum absolute atomic E-state index is 0.134. The first-order valence-electron chi connectivity index (χ1n) is 6.49. The first kappa shape index (κ1) is 17.4. The molecule has 120 valence electrons. The summed E-state index contributed by atoms with van der Waals surface area (Å²) in [7, 11) is 1.44. The van der Waals surface area contributed by atoms with E-state index in [0.29, 0.717) is 0 Å². The molecule has 8 heteroatoms. The van der Waals surface area contributed by atoms with Crippen LogP contribution in [0.3, 0.4) is 0 Å². The maximum Gasteiger partial charge on any atom is 0.303 e. The van der Waals surface area contributed by atoms with E-state index >= 15 is 0 Å². The molecule has 0 unspecified atom stereocenters. The lowest BCUT2D eigenvalue weighted by atomic mass is 10.0. The Morgan fingerprint density at radius 1 is 1.05 bits per heavy atom. The minimum Gasteiger partial charge on any atom is -0.463 e. The van der Waals surface area contributed by atoms with Gasteiger partial charge in [-0.05, 0) is 0 Å². The number of rotatable bonds is 5. The van der Waals surface area contributed by atoms with Crippen LogP contribution in [0.4, 0.5) is 0 Å². The van der Waals surface area contributed by atoms with Crippen molar-refractivity contribution in [3.63, 3.8) is 0 Å². The molecule has 1 saturated heterocycles. The highest BCUT2D eigenvalue weighted by Crippen LogP contribution is 2.26. The Morgan fingerprint density at radius 2 is 1.67 bits per heavy atom. The van der Waals surface area contributed by atoms with Gasteiger partial charge in [0.15, 0.2) is 12.4 Å². The zero-order valence-electron chi connectivity index (χ0n) is 12.5. The van der Waals surface area contributed by atoms with Gasteiger partial charge in [-0.25, -0.2) is 0 Å². The molecule has 0 aliphatic carbocycles. The van der Waals surface area contributed by atoms with Crippen LogP contribution in [0.5, 0.6) is 0 Å². The summed E-state index contributed by atoms with van der Waals surface area (Å²) in [6.45, 7) is 3.60. The largest absolute Gasteiger partial charge is 0.463 e. The highest BCUT2D eigenvalue weighted by atomic mass is 16.7. The third kappa shape index (κ3) is 5.68. The van der Waals surface area contributed by atoms with Crippen molar-refractivity contribution in [3.8, 4) is 0 Å². The van der Waals surface area contributed by atoms with Gasteiger partial charge in [0.25, 0.3) is 0 Å². The van der Waals surface area contributed by atoms with Crippen molar-refractivity contribution >= 4 is 17.9 Å². The maximum absolute atomic E-state index is 11.2. The monoisotopic (exact) mass is 304 g/mol. The van der Waals surface area contributed by atoms with Gasteiger partial charge in [-0.3, -0.25) is 14.4 Å². The molecule has 0 amide bonds. The molecule has 0 N–H and O–H groups in total. The molecular weight excluding hydrogens is 284 g/mol. The van der Waals surface area contributed by atoms with Crippen molar-refractivity contribution in [2.24, 2.45) is 0 Å². The van der Waals surface area contributed by atoms with Crippen LogP contribution in [0.15, 0.2) is 0 Å². The van der Waals surface area contributed by atoms with Crippen LogP contribution >= 0.6 is 0 Å². The molecule has 0 radical (unpaired) electrons. The van der Waals surface area contributed by atoms with Crippen molar-refractivity contribution in [1.29, 1.82) is 0 Å². The van der Waals surface area contributed by atoms with Crippen molar-refractivity contribution < 1.29 is 38.1 Å². The average Bonchev–Trinajstić information content (AvgIpc) is 2.37. The van der Waals surface area contributed by atoms with Gasteiger partial charge in [0.05, 0.1) is 0 Å². The molecule has 1 fully saturated rings. The molecule has 1 rings (SSSR count). The van der Waals surface area contributed by atoms with E-state index in [-0.39, 0.29) is 13.0 Å². The molecule has 0 aromatic carbocycles. The van der Waals surface area contributed by atoms with Crippen molar-refractivity contribution in [1.82, 2.24) is 0 Å². The third-order valence-corrected chi connectivity index (χ3v) is 2.82. The first-order valence-corrected chi connectivity index (χ1v) is 6.49. The minimum atomic E-state index is -0.864. The van der Waals surface area contributed by atoms with Crippen LogP contribution in [-0.2, 0) is 38.1 Å². The fourth-order valence-electron chi connectivity index (χ4n) is 2.05. The molecule has 1 aliphatic heterocycles. The van der Waals surface area contributed by atoms with Crippen LogP contribution in [0.25, 0.3) is 0 Å². The summed E-state index contributed by atoms with van der Waals surface area (Å²) >= 11 is 0. The lowest BCUT2D eigenvalue weighted by molar-refractivity contribution is -0.259. The summed E-state index contributed by atoms with van der Waals surface area (Å²) < 4.78 is 25.8. The average molecular weight is 304 g/mol. The second-order valence-electron chi connectivity index (χ2n) is 4.60. The summed E-state index contributed by atoms with van der Waals surface area (Å²) in [6, 6.07) is 0. The number of esters is 3. The number of ether oxygens (including phenoxy) is 5. The van der Waals surface area contributed by atoms with Crippen LogP contribution in [0.1, 0.15) is 27.2 Å². The van der Waals surface area contributed by atoms with Gasteiger partial charge >= 0.3 is 17.9 Å². The molecule has 1 heterocycles. The smallest absolute Gasteiger partial charge is 0.303 e. The zero-order chi connectivity index (χ0) is 16.0. The highest BCUT2D eigenvalue weighted by molar-refractivity contribution is 5.67. The Kier molecular flexibility index (Phi) is 6.57. The van der Waals surface area contributed by atoms with E-state index in [1.807, 2.05) is 0 Å². The summed E-state index contributed by atoms with van der Waals surface area (Å²) in [6.07, 6.45) is -2.81. The van der Waals surface area contributed by atoms with Gasteiger partial charge in [0.1, 0.15) is 18.8 Å².